The molecule has 0 atom stereocenters. The molecule has 0 aromatic carbocycles. The number of nitrogens with one attached hydrogen (secondary N) is 1. The zero-order chi connectivity index (χ0) is 12.3. The lowest BCUT2D eigenvalue weighted by Crippen LogP contribution is -2.12. The van der Waals surface area contributed by atoms with Gasteiger partial charge in [0.1, 0.15) is 5.82 Å². The van der Waals surface area contributed by atoms with E-state index in [2.05, 4.69) is 31.2 Å². The average molecular weight is 293 g/mol. The van der Waals surface area contributed by atoms with Crippen LogP contribution in [0, 0.1) is 0 Å². The molecule has 0 radical (unpaired) electrons. The van der Waals surface area contributed by atoms with Crippen molar-refractivity contribution in [3.05, 3.63) is 46.8 Å². The number of nitrogens with two attached hydrogens (primary N) is 1. The van der Waals surface area contributed by atoms with Crippen molar-refractivity contribution < 1.29 is 4.79 Å². The Morgan fingerprint density at radius 3 is 2.76 bits per heavy atom. The van der Waals surface area contributed by atoms with E-state index < -0.39 is 0 Å². The minimum Gasteiger partial charge on any atom is -0.384 e. The topological polar surface area (TPSA) is 80.9 Å². The molecule has 2 aromatic heterocycles. The molecule has 1 amide bonds. The Labute approximate surface area is 106 Å². The Morgan fingerprint density at radius 2 is 2.12 bits per heavy atom. The third kappa shape index (κ3) is 2.79. The van der Waals surface area contributed by atoms with E-state index in [1.54, 1.807) is 30.6 Å². The fourth-order valence-electron chi connectivity index (χ4n) is 1.21. The highest BCUT2D eigenvalue weighted by molar-refractivity contribution is 9.10. The van der Waals surface area contributed by atoms with Crippen LogP contribution in [0.15, 0.2) is 41.3 Å². The Morgan fingerprint density at radius 1 is 1.29 bits per heavy atom. The molecular weight excluding hydrogens is 284 g/mol. The van der Waals surface area contributed by atoms with Gasteiger partial charge in [0.25, 0.3) is 5.91 Å². The van der Waals surface area contributed by atoms with Crippen molar-refractivity contribution in [2.45, 2.75) is 0 Å². The summed E-state index contributed by atoms with van der Waals surface area (Å²) in [5, 5.41) is 2.74. The van der Waals surface area contributed by atoms with Crippen LogP contribution in [0.2, 0.25) is 0 Å². The molecule has 3 N–H and O–H groups in total. The average Bonchev–Trinajstić information content (AvgIpc) is 2.33. The molecule has 0 saturated carbocycles. The predicted octanol–water partition coefficient (Wildman–Crippen LogP) is 2.07. The van der Waals surface area contributed by atoms with Gasteiger partial charge in [-0.2, -0.15) is 0 Å². The van der Waals surface area contributed by atoms with E-state index >= 15 is 0 Å². The molecule has 2 aromatic rings. The molecular formula is C11H9BrN4O. The zero-order valence-corrected chi connectivity index (χ0v) is 10.3. The molecule has 0 unspecified atom stereocenters. The summed E-state index contributed by atoms with van der Waals surface area (Å²) in [6.45, 7) is 0. The van der Waals surface area contributed by atoms with Crippen LogP contribution in [0.3, 0.4) is 0 Å². The number of pyridine rings is 2. The first-order valence-electron chi connectivity index (χ1n) is 4.79. The number of anilines is 2. The number of amides is 1. The maximum atomic E-state index is 11.8. The molecule has 0 spiro atoms. The molecule has 86 valence electrons. The lowest BCUT2D eigenvalue weighted by atomic mass is 10.2. The van der Waals surface area contributed by atoms with Crippen molar-refractivity contribution in [3.8, 4) is 0 Å². The summed E-state index contributed by atoms with van der Waals surface area (Å²) in [4.78, 5) is 19.6. The Bertz CT molecular complexity index is 541. The van der Waals surface area contributed by atoms with E-state index in [0.29, 0.717) is 17.1 Å². The van der Waals surface area contributed by atoms with E-state index in [0.717, 1.165) is 4.47 Å². The molecule has 5 nitrogen and oxygen atoms in total. The molecule has 0 fully saturated rings. The predicted molar refractivity (Wildman–Crippen MR) is 68.5 cm³/mol. The molecule has 0 aliphatic rings. The number of nitrogens with zero attached hydrogens (tertiary/aromatic N) is 2. The molecule has 6 heteroatoms. The normalized spacial score (nSPS) is 9.94. The largest absolute Gasteiger partial charge is 0.384 e. The first-order valence-corrected chi connectivity index (χ1v) is 5.58. The van der Waals surface area contributed by atoms with Crippen LogP contribution in [-0.2, 0) is 0 Å². The fourth-order valence-corrected chi connectivity index (χ4v) is 1.56. The third-order valence-electron chi connectivity index (χ3n) is 2.07. The number of hydrogen-bond acceptors (Lipinski definition) is 4. The van der Waals surface area contributed by atoms with Gasteiger partial charge in [-0.15, -0.1) is 0 Å². The van der Waals surface area contributed by atoms with Gasteiger partial charge in [0.2, 0.25) is 0 Å². The van der Waals surface area contributed by atoms with Crippen LogP contribution in [0.4, 0.5) is 11.5 Å². The third-order valence-corrected chi connectivity index (χ3v) is 2.70. The number of aromatic nitrogens is 2. The van der Waals surface area contributed by atoms with Gasteiger partial charge in [0.15, 0.2) is 0 Å². The number of hydrogen-bond donors (Lipinski definition) is 2. The molecule has 0 aliphatic carbocycles. The summed E-state index contributed by atoms with van der Waals surface area (Å²) in [5.74, 6) is 0.135. The number of nitrogen functional groups attached to an aromatic ring is 1. The van der Waals surface area contributed by atoms with Crippen LogP contribution < -0.4 is 11.1 Å². The summed E-state index contributed by atoms with van der Waals surface area (Å²) in [6, 6.07) is 4.90. The van der Waals surface area contributed by atoms with E-state index in [9.17, 15) is 4.79 Å². The van der Waals surface area contributed by atoms with Crippen molar-refractivity contribution in [1.82, 2.24) is 9.97 Å². The molecule has 0 bridgehead atoms. The van der Waals surface area contributed by atoms with Gasteiger partial charge < -0.3 is 11.1 Å². The number of carbonyl (C=O) groups excluding carboxylic acids is 1. The fraction of sp³-hybridized carbons (Fsp3) is 0. The second-order valence-electron chi connectivity index (χ2n) is 3.28. The lowest BCUT2D eigenvalue weighted by Gasteiger charge is -2.06. The quantitative estimate of drug-likeness (QED) is 0.888. The summed E-state index contributed by atoms with van der Waals surface area (Å²) >= 11 is 3.30. The van der Waals surface area contributed by atoms with E-state index in [4.69, 9.17) is 5.73 Å². The Hall–Kier alpha value is -1.95. The molecule has 2 heterocycles. The van der Waals surface area contributed by atoms with E-state index in [1.165, 1.54) is 6.20 Å². The van der Waals surface area contributed by atoms with Crippen molar-refractivity contribution in [1.29, 1.82) is 0 Å². The van der Waals surface area contributed by atoms with Crippen LogP contribution in [0.5, 0.6) is 0 Å². The first kappa shape index (κ1) is 11.5. The second-order valence-corrected chi connectivity index (χ2v) is 4.14. The van der Waals surface area contributed by atoms with Crippen LogP contribution in [0.25, 0.3) is 0 Å². The van der Waals surface area contributed by atoms with E-state index in [-0.39, 0.29) is 5.91 Å². The number of halogens is 1. The van der Waals surface area contributed by atoms with Gasteiger partial charge in [-0.05, 0) is 34.1 Å². The SMILES string of the molecule is Nc1ccc(C(=O)Nc2ccncc2Br)cn1. The standard InChI is InChI=1S/C11H9BrN4O/c12-8-6-14-4-3-9(8)16-11(17)7-1-2-10(13)15-5-7/h1-6H,(H2,13,15)(H,14,16,17). The van der Waals surface area contributed by atoms with Crippen molar-refractivity contribution in [3.63, 3.8) is 0 Å². The smallest absolute Gasteiger partial charge is 0.257 e. The van der Waals surface area contributed by atoms with Gasteiger partial charge in [-0.1, -0.05) is 0 Å². The maximum absolute atomic E-state index is 11.8. The summed E-state index contributed by atoms with van der Waals surface area (Å²) in [5.41, 5.74) is 6.55. The maximum Gasteiger partial charge on any atom is 0.257 e. The van der Waals surface area contributed by atoms with Crippen LogP contribution in [-0.4, -0.2) is 15.9 Å². The first-order chi connectivity index (χ1) is 8.16. The van der Waals surface area contributed by atoms with Crippen LogP contribution in [0.1, 0.15) is 10.4 Å². The van der Waals surface area contributed by atoms with Gasteiger partial charge >= 0.3 is 0 Å². The molecule has 0 saturated heterocycles. The van der Waals surface area contributed by atoms with Crippen molar-refractivity contribution >= 4 is 33.3 Å². The van der Waals surface area contributed by atoms with Gasteiger partial charge in [0.05, 0.1) is 15.7 Å². The molecule has 0 aliphatic heterocycles. The summed E-state index contributed by atoms with van der Waals surface area (Å²) in [7, 11) is 0. The number of carbonyl (C=O) groups is 1. The molecule has 17 heavy (non-hydrogen) atoms. The van der Waals surface area contributed by atoms with Crippen LogP contribution >= 0.6 is 15.9 Å². The van der Waals surface area contributed by atoms with Gasteiger partial charge in [-0.3, -0.25) is 9.78 Å². The highest BCUT2D eigenvalue weighted by Crippen LogP contribution is 2.20. The monoisotopic (exact) mass is 292 g/mol. The minimum atomic E-state index is -0.246. The van der Waals surface area contributed by atoms with Crippen molar-refractivity contribution in [2.24, 2.45) is 0 Å². The van der Waals surface area contributed by atoms with Gasteiger partial charge in [0, 0.05) is 18.6 Å². The Kier molecular flexibility index (Phi) is 3.34. The summed E-state index contributed by atoms with van der Waals surface area (Å²) < 4.78 is 0.719. The van der Waals surface area contributed by atoms with E-state index in [1.807, 2.05) is 0 Å². The Balaban J connectivity index is 2.17. The molecule has 2 rings (SSSR count). The van der Waals surface area contributed by atoms with Gasteiger partial charge in [-0.25, -0.2) is 4.98 Å². The zero-order valence-electron chi connectivity index (χ0n) is 8.72. The van der Waals surface area contributed by atoms with Crippen molar-refractivity contribution in [2.75, 3.05) is 11.1 Å². The minimum absolute atomic E-state index is 0.246. The highest BCUT2D eigenvalue weighted by Gasteiger charge is 2.08. The summed E-state index contributed by atoms with van der Waals surface area (Å²) in [6.07, 6.45) is 4.64. The number of rotatable bonds is 2. The lowest BCUT2D eigenvalue weighted by molar-refractivity contribution is 0.102. The highest BCUT2D eigenvalue weighted by atomic mass is 79.9. The second kappa shape index (κ2) is 4.92.